The summed E-state index contributed by atoms with van der Waals surface area (Å²) in [5, 5.41) is 14.8. The number of para-hydroxylation sites is 1. The summed E-state index contributed by atoms with van der Waals surface area (Å²) < 4.78 is 5.99. The van der Waals surface area contributed by atoms with Gasteiger partial charge >= 0.3 is 0 Å². The van der Waals surface area contributed by atoms with E-state index in [2.05, 4.69) is 207 Å². The molecule has 4 aromatic heterocycles. The second-order valence-corrected chi connectivity index (χ2v) is 16.9. The van der Waals surface area contributed by atoms with Crippen molar-refractivity contribution in [1.82, 2.24) is 19.4 Å². The highest BCUT2D eigenvalue weighted by molar-refractivity contribution is 7.13. The lowest BCUT2D eigenvalue weighted by Crippen LogP contribution is -2.39. The van der Waals surface area contributed by atoms with Gasteiger partial charge in [-0.1, -0.05) is 121 Å². The average molecular weight is 798 g/mol. The molecule has 1 aliphatic rings. The standard InChI is InChI=1S/C55H35N5S/c1-3-13-35(14-4-1)50-33-45-53(61-50)55(58-54(57-45)36-26-28-56-29-27-36)60-46-24-23-39(31-43(46)44-30-37-15-7-8-16-38(37)32-49(44)60)42-20-11-21-47-52(42)51-41-19-10-9-12-34(41)22-25-48(51)59(47)40-17-5-2-6-18-40/h1-33,54,58H. The molecule has 61 heavy (non-hydrogen) atoms. The van der Waals surface area contributed by atoms with Crippen LogP contribution in [0.3, 0.4) is 0 Å². The molecule has 286 valence electrons. The first-order chi connectivity index (χ1) is 30.2. The fraction of sp³-hybridized carbons (Fsp3) is 0.0182. The largest absolute Gasteiger partial charge is 0.345 e. The molecule has 8 aromatic carbocycles. The highest BCUT2D eigenvalue weighted by atomic mass is 32.1. The molecule has 0 saturated heterocycles. The van der Waals surface area contributed by atoms with Gasteiger partial charge in [0, 0.05) is 44.5 Å². The second kappa shape index (κ2) is 13.4. The van der Waals surface area contributed by atoms with Crippen molar-refractivity contribution in [2.24, 2.45) is 4.99 Å². The third kappa shape index (κ3) is 5.26. The Balaban J connectivity index is 1.11. The topological polar surface area (TPSA) is 47.1 Å². The molecule has 0 fully saturated rings. The molecule has 5 nitrogen and oxygen atoms in total. The third-order valence-electron chi connectivity index (χ3n) is 12.4. The normalized spacial score (nSPS) is 14.0. The Hall–Kier alpha value is -7.80. The van der Waals surface area contributed by atoms with Crippen LogP contribution in [0.25, 0.3) is 98.2 Å². The number of thiophene rings is 1. The lowest BCUT2D eigenvalue weighted by atomic mass is 9.95. The van der Waals surface area contributed by atoms with Gasteiger partial charge in [0.2, 0.25) is 0 Å². The Morgan fingerprint density at radius 3 is 2.02 bits per heavy atom. The molecule has 1 N–H and O–H groups in total. The van der Waals surface area contributed by atoms with Crippen LogP contribution in [-0.4, -0.2) is 14.1 Å². The van der Waals surface area contributed by atoms with Crippen LogP contribution in [-0.2, 0) is 0 Å². The summed E-state index contributed by atoms with van der Waals surface area (Å²) in [6.07, 6.45) is 3.41. The summed E-state index contributed by atoms with van der Waals surface area (Å²) in [4.78, 5) is 10.8. The smallest absolute Gasteiger partial charge is 0.146 e. The van der Waals surface area contributed by atoms with Crippen LogP contribution in [0.1, 0.15) is 11.7 Å². The molecule has 12 aromatic rings. The maximum atomic E-state index is 5.32. The van der Waals surface area contributed by atoms with Crippen LogP contribution in [0.5, 0.6) is 0 Å². The predicted molar refractivity (Wildman–Crippen MR) is 254 cm³/mol. The molecule has 0 amide bonds. The van der Waals surface area contributed by atoms with Crippen LogP contribution < -0.4 is 15.2 Å². The number of nitrogens with zero attached hydrogens (tertiary/aromatic N) is 4. The van der Waals surface area contributed by atoms with E-state index in [9.17, 15) is 0 Å². The van der Waals surface area contributed by atoms with Gasteiger partial charge in [0.15, 0.2) is 0 Å². The maximum Gasteiger partial charge on any atom is 0.146 e. The average Bonchev–Trinajstić information content (AvgIpc) is 4.01. The van der Waals surface area contributed by atoms with Crippen LogP contribution >= 0.6 is 11.3 Å². The van der Waals surface area contributed by atoms with E-state index >= 15 is 0 Å². The van der Waals surface area contributed by atoms with Gasteiger partial charge in [-0.2, -0.15) is 0 Å². The minimum Gasteiger partial charge on any atom is -0.345 e. The molecule has 1 atom stereocenters. The summed E-state index contributed by atoms with van der Waals surface area (Å²) in [6, 6.07) is 68.4. The lowest BCUT2D eigenvalue weighted by molar-refractivity contribution is 0.620. The van der Waals surface area contributed by atoms with Gasteiger partial charge in [0.05, 0.1) is 32.0 Å². The first-order valence-electron chi connectivity index (χ1n) is 20.7. The summed E-state index contributed by atoms with van der Waals surface area (Å²) in [5.74, 6) is 1.03. The summed E-state index contributed by atoms with van der Waals surface area (Å²) in [5.41, 5.74) is 10.5. The van der Waals surface area contributed by atoms with Crippen LogP contribution in [0.4, 0.5) is 0 Å². The second-order valence-electron chi connectivity index (χ2n) is 15.8. The van der Waals surface area contributed by atoms with E-state index in [-0.39, 0.29) is 6.17 Å². The highest BCUT2D eigenvalue weighted by Crippen LogP contribution is 2.44. The van der Waals surface area contributed by atoms with Crippen molar-refractivity contribution in [3.8, 4) is 27.3 Å². The maximum absolute atomic E-state index is 5.32. The first-order valence-corrected chi connectivity index (χ1v) is 21.5. The van der Waals surface area contributed by atoms with Gasteiger partial charge in [-0.15, -0.1) is 11.3 Å². The molecule has 13 rings (SSSR count). The Morgan fingerprint density at radius 2 is 1.18 bits per heavy atom. The highest BCUT2D eigenvalue weighted by Gasteiger charge is 2.25. The summed E-state index contributed by atoms with van der Waals surface area (Å²) in [6.45, 7) is 0. The molecule has 5 heterocycles. The summed E-state index contributed by atoms with van der Waals surface area (Å²) in [7, 11) is 0. The van der Waals surface area contributed by atoms with E-state index in [0.717, 1.165) is 38.0 Å². The fourth-order valence-corrected chi connectivity index (χ4v) is 10.8. The SMILES string of the molecule is c1ccc(-c2cc3c(s2)=C(n2c4ccc(-c5cccc6c5c5c7ccccc7ccc5n6-c5ccccc5)cc4c4cc5ccccc5cc42)NC(c2ccncc2)N=3)cc1. The van der Waals surface area contributed by atoms with Crippen molar-refractivity contribution in [1.29, 1.82) is 0 Å². The van der Waals surface area contributed by atoms with Crippen LogP contribution in [0.2, 0.25) is 0 Å². The number of aromatic nitrogens is 3. The molecular weight excluding hydrogens is 763 g/mol. The van der Waals surface area contributed by atoms with E-state index in [0.29, 0.717) is 0 Å². The predicted octanol–water partition coefficient (Wildman–Crippen LogP) is 12.5. The molecule has 1 unspecified atom stereocenters. The van der Waals surface area contributed by atoms with Crippen molar-refractivity contribution in [3.63, 3.8) is 0 Å². The number of hydrogen-bond donors (Lipinski definition) is 1. The van der Waals surface area contributed by atoms with E-state index in [1.54, 1.807) is 11.3 Å². The molecule has 0 saturated carbocycles. The van der Waals surface area contributed by atoms with Crippen molar-refractivity contribution >= 4 is 82.3 Å². The molecule has 0 bridgehead atoms. The fourth-order valence-electron chi connectivity index (χ4n) is 9.67. The Kier molecular flexibility index (Phi) is 7.47. The van der Waals surface area contributed by atoms with Gasteiger partial charge in [-0.05, 0) is 111 Å². The monoisotopic (exact) mass is 797 g/mol. The minimum absolute atomic E-state index is 0.287. The number of hydrogen-bond acceptors (Lipinski definition) is 4. The van der Waals surface area contributed by atoms with Gasteiger partial charge in [-0.25, -0.2) is 0 Å². The summed E-state index contributed by atoms with van der Waals surface area (Å²) >= 11 is 1.79. The molecule has 0 aliphatic carbocycles. The minimum atomic E-state index is -0.287. The Labute approximate surface area is 354 Å². The zero-order chi connectivity index (χ0) is 40.0. The number of benzene rings is 8. The van der Waals surface area contributed by atoms with E-state index in [1.165, 1.54) is 75.7 Å². The molecule has 0 spiro atoms. The van der Waals surface area contributed by atoms with Crippen LogP contribution in [0, 0.1) is 0 Å². The lowest BCUT2D eigenvalue weighted by Gasteiger charge is -2.23. The number of pyridine rings is 1. The van der Waals surface area contributed by atoms with Crippen molar-refractivity contribution < 1.29 is 0 Å². The third-order valence-corrected chi connectivity index (χ3v) is 13.6. The van der Waals surface area contributed by atoms with Crippen molar-refractivity contribution in [2.75, 3.05) is 0 Å². The molecule has 6 heteroatoms. The van der Waals surface area contributed by atoms with Gasteiger partial charge in [0.1, 0.15) is 12.0 Å². The number of rotatable bonds is 5. The molecule has 1 aliphatic heterocycles. The molecule has 0 radical (unpaired) electrons. The van der Waals surface area contributed by atoms with E-state index in [4.69, 9.17) is 4.99 Å². The van der Waals surface area contributed by atoms with Crippen molar-refractivity contribution in [2.45, 2.75) is 6.17 Å². The number of nitrogens with one attached hydrogen (secondary N) is 1. The van der Waals surface area contributed by atoms with Gasteiger partial charge < -0.3 is 9.88 Å². The van der Waals surface area contributed by atoms with E-state index in [1.807, 2.05) is 12.4 Å². The Bertz CT molecular complexity index is 3850. The quantitative estimate of drug-likeness (QED) is 0.189. The zero-order valence-electron chi connectivity index (χ0n) is 32.8. The van der Waals surface area contributed by atoms with Crippen LogP contribution in [0.15, 0.2) is 205 Å². The number of fused-ring (bicyclic) bond motifs is 10. The Morgan fingerprint density at radius 1 is 0.475 bits per heavy atom. The van der Waals surface area contributed by atoms with Gasteiger partial charge in [0.25, 0.3) is 0 Å². The molecular formula is C55H35N5S. The van der Waals surface area contributed by atoms with Crippen molar-refractivity contribution in [3.05, 3.63) is 216 Å². The zero-order valence-corrected chi connectivity index (χ0v) is 33.6. The first kappa shape index (κ1) is 34.1. The van der Waals surface area contributed by atoms with E-state index < -0.39 is 0 Å². The van der Waals surface area contributed by atoms with Gasteiger partial charge in [-0.3, -0.25) is 14.5 Å².